The predicted molar refractivity (Wildman–Crippen MR) is 76.1 cm³/mol. The number of hydrogen-bond donors (Lipinski definition) is 1. The molecule has 6 nitrogen and oxygen atoms in total. The molecule has 0 amide bonds. The Kier molecular flexibility index (Phi) is 4.72. The van der Waals surface area contributed by atoms with Crippen LogP contribution >= 0.6 is 0 Å². The van der Waals surface area contributed by atoms with E-state index in [1.165, 1.54) is 14.2 Å². The van der Waals surface area contributed by atoms with E-state index < -0.39 is 18.1 Å². The molecule has 0 aliphatic rings. The average Bonchev–Trinajstić information content (AvgIpc) is 2.48. The normalized spacial score (nSPS) is 11.0. The number of benzene rings is 1. The van der Waals surface area contributed by atoms with E-state index in [1.807, 2.05) is 6.07 Å². The summed E-state index contributed by atoms with van der Waals surface area (Å²) in [6.07, 6.45) is -0.816. The number of nitrogens with zero attached hydrogens (tertiary/aromatic N) is 1. The van der Waals surface area contributed by atoms with Gasteiger partial charge in [0.25, 0.3) is 0 Å². The number of aromatic nitrogens is 1. The molecule has 2 aromatic rings. The molecule has 2 rings (SSSR count). The van der Waals surface area contributed by atoms with Crippen LogP contribution in [0.1, 0.15) is 29.1 Å². The van der Waals surface area contributed by atoms with Gasteiger partial charge in [0.05, 0.1) is 12.1 Å². The fraction of sp³-hybridized carbons (Fsp3) is 0.333. The topological polar surface area (TPSA) is 77.9 Å². The molecule has 1 N–H and O–H groups in total. The van der Waals surface area contributed by atoms with Gasteiger partial charge in [0.15, 0.2) is 6.29 Å². The van der Waals surface area contributed by atoms with Crippen LogP contribution in [0.25, 0.3) is 10.9 Å². The molecular weight excluding hydrogens is 274 g/mol. The Hall–Kier alpha value is -2.18. The summed E-state index contributed by atoms with van der Waals surface area (Å²) in [5.41, 5.74) is 0.906. The molecule has 0 aliphatic carbocycles. The SMILES string of the molecule is CCOC(=O)c1c(O)nc2ccccc2c1C(OC)OC. The minimum Gasteiger partial charge on any atom is -0.493 e. The summed E-state index contributed by atoms with van der Waals surface area (Å²) in [5, 5.41) is 10.8. The van der Waals surface area contributed by atoms with Crippen molar-refractivity contribution in [1.29, 1.82) is 0 Å². The van der Waals surface area contributed by atoms with E-state index in [0.717, 1.165) is 0 Å². The highest BCUT2D eigenvalue weighted by Gasteiger charge is 2.27. The van der Waals surface area contributed by atoms with Gasteiger partial charge in [-0.15, -0.1) is 0 Å². The van der Waals surface area contributed by atoms with E-state index in [0.29, 0.717) is 16.5 Å². The van der Waals surface area contributed by atoms with E-state index in [9.17, 15) is 9.90 Å². The van der Waals surface area contributed by atoms with Crippen LogP contribution in [-0.4, -0.2) is 36.9 Å². The number of ether oxygens (including phenoxy) is 3. The lowest BCUT2D eigenvalue weighted by Crippen LogP contribution is -2.15. The fourth-order valence-corrected chi connectivity index (χ4v) is 2.21. The van der Waals surface area contributed by atoms with Gasteiger partial charge < -0.3 is 19.3 Å². The van der Waals surface area contributed by atoms with Crippen LogP contribution in [0, 0.1) is 0 Å². The standard InChI is InChI=1S/C15H17NO5/c1-4-21-14(18)12-11(15(19-2)20-3)9-7-5-6-8-10(9)16-13(12)17/h5-8,15H,4H2,1-3H3,(H,16,17). The van der Waals surface area contributed by atoms with Crippen LogP contribution in [0.4, 0.5) is 0 Å². The maximum Gasteiger partial charge on any atom is 0.344 e. The van der Waals surface area contributed by atoms with Crippen LogP contribution in [-0.2, 0) is 14.2 Å². The first-order valence-corrected chi connectivity index (χ1v) is 6.48. The Morgan fingerprint density at radius 1 is 1.29 bits per heavy atom. The summed E-state index contributed by atoms with van der Waals surface area (Å²) in [4.78, 5) is 16.2. The van der Waals surface area contributed by atoms with Gasteiger partial charge in [-0.2, -0.15) is 0 Å². The van der Waals surface area contributed by atoms with E-state index in [-0.39, 0.29) is 12.2 Å². The summed E-state index contributed by atoms with van der Waals surface area (Å²) in [6, 6.07) is 7.11. The summed E-state index contributed by atoms with van der Waals surface area (Å²) < 4.78 is 15.5. The second-order valence-electron chi connectivity index (χ2n) is 4.27. The highest BCUT2D eigenvalue weighted by atomic mass is 16.7. The molecule has 0 saturated heterocycles. The van der Waals surface area contributed by atoms with Crippen molar-refractivity contribution in [3.63, 3.8) is 0 Å². The minimum atomic E-state index is -0.816. The minimum absolute atomic E-state index is 0.0377. The molecule has 1 aromatic carbocycles. The van der Waals surface area contributed by atoms with Crippen molar-refractivity contribution >= 4 is 16.9 Å². The molecule has 0 unspecified atom stereocenters. The number of para-hydroxylation sites is 1. The van der Waals surface area contributed by atoms with Gasteiger partial charge in [-0.25, -0.2) is 9.78 Å². The first kappa shape index (κ1) is 15.2. The van der Waals surface area contributed by atoms with Crippen molar-refractivity contribution in [2.75, 3.05) is 20.8 Å². The molecule has 0 bridgehead atoms. The average molecular weight is 291 g/mol. The van der Waals surface area contributed by atoms with Crippen LogP contribution in [0.5, 0.6) is 5.88 Å². The third-order valence-electron chi connectivity index (χ3n) is 3.06. The lowest BCUT2D eigenvalue weighted by atomic mass is 10.0. The molecule has 0 fully saturated rings. The maximum atomic E-state index is 12.1. The molecule has 0 atom stereocenters. The number of rotatable bonds is 5. The predicted octanol–water partition coefficient (Wildman–Crippen LogP) is 2.41. The second kappa shape index (κ2) is 6.51. The Balaban J connectivity index is 2.78. The van der Waals surface area contributed by atoms with Crippen molar-refractivity contribution in [2.45, 2.75) is 13.2 Å². The van der Waals surface area contributed by atoms with Crippen molar-refractivity contribution < 1.29 is 24.1 Å². The van der Waals surface area contributed by atoms with Crippen molar-refractivity contribution in [3.8, 4) is 5.88 Å². The van der Waals surface area contributed by atoms with Crippen molar-refractivity contribution in [2.24, 2.45) is 0 Å². The number of fused-ring (bicyclic) bond motifs is 1. The molecule has 0 aliphatic heterocycles. The smallest absolute Gasteiger partial charge is 0.344 e. The first-order chi connectivity index (χ1) is 10.1. The number of esters is 1. The zero-order chi connectivity index (χ0) is 15.4. The van der Waals surface area contributed by atoms with Gasteiger partial charge in [-0.3, -0.25) is 0 Å². The van der Waals surface area contributed by atoms with Gasteiger partial charge in [0.1, 0.15) is 5.56 Å². The molecule has 0 radical (unpaired) electrons. The Bertz CT molecular complexity index is 652. The number of aromatic hydroxyl groups is 1. The lowest BCUT2D eigenvalue weighted by Gasteiger charge is -2.19. The van der Waals surface area contributed by atoms with E-state index >= 15 is 0 Å². The van der Waals surface area contributed by atoms with Gasteiger partial charge in [-0.05, 0) is 13.0 Å². The van der Waals surface area contributed by atoms with Gasteiger partial charge in [0, 0.05) is 25.2 Å². The largest absolute Gasteiger partial charge is 0.493 e. The lowest BCUT2D eigenvalue weighted by molar-refractivity contribution is -0.105. The highest BCUT2D eigenvalue weighted by Crippen LogP contribution is 2.34. The highest BCUT2D eigenvalue weighted by molar-refractivity contribution is 5.99. The van der Waals surface area contributed by atoms with Crippen molar-refractivity contribution in [1.82, 2.24) is 4.98 Å². The third kappa shape index (κ3) is 2.81. The monoisotopic (exact) mass is 291 g/mol. The van der Waals surface area contributed by atoms with Crippen LogP contribution < -0.4 is 0 Å². The number of carbonyl (C=O) groups is 1. The zero-order valence-corrected chi connectivity index (χ0v) is 12.1. The molecule has 0 spiro atoms. The quantitative estimate of drug-likeness (QED) is 0.673. The second-order valence-corrected chi connectivity index (χ2v) is 4.27. The number of hydrogen-bond acceptors (Lipinski definition) is 6. The van der Waals surface area contributed by atoms with Gasteiger partial charge in [0.2, 0.25) is 5.88 Å². The van der Waals surface area contributed by atoms with E-state index in [1.54, 1.807) is 25.1 Å². The summed E-state index contributed by atoms with van der Waals surface area (Å²) in [6.45, 7) is 1.88. The molecule has 6 heteroatoms. The van der Waals surface area contributed by atoms with E-state index in [2.05, 4.69) is 4.98 Å². The van der Waals surface area contributed by atoms with E-state index in [4.69, 9.17) is 14.2 Å². The van der Waals surface area contributed by atoms with Crippen LogP contribution in [0.2, 0.25) is 0 Å². The maximum absolute atomic E-state index is 12.1. The fourth-order valence-electron chi connectivity index (χ4n) is 2.21. The molecule has 1 heterocycles. The van der Waals surface area contributed by atoms with Crippen molar-refractivity contribution in [3.05, 3.63) is 35.4 Å². The van der Waals surface area contributed by atoms with Crippen LogP contribution in [0.3, 0.4) is 0 Å². The summed E-state index contributed by atoms with van der Waals surface area (Å²) >= 11 is 0. The number of methoxy groups -OCH3 is 2. The third-order valence-corrected chi connectivity index (χ3v) is 3.06. The molecule has 0 saturated carbocycles. The Morgan fingerprint density at radius 3 is 2.57 bits per heavy atom. The molecular formula is C15H17NO5. The summed E-state index contributed by atoms with van der Waals surface area (Å²) in [5.74, 6) is -1.07. The van der Waals surface area contributed by atoms with Gasteiger partial charge in [-0.1, -0.05) is 18.2 Å². The molecule has 21 heavy (non-hydrogen) atoms. The zero-order valence-electron chi connectivity index (χ0n) is 12.1. The first-order valence-electron chi connectivity index (χ1n) is 6.48. The summed E-state index contributed by atoms with van der Waals surface area (Å²) in [7, 11) is 2.91. The van der Waals surface area contributed by atoms with Crippen LogP contribution in [0.15, 0.2) is 24.3 Å². The number of pyridine rings is 1. The number of carbonyl (C=O) groups excluding carboxylic acids is 1. The Labute approximate surface area is 122 Å². The Morgan fingerprint density at radius 2 is 1.95 bits per heavy atom. The molecule has 112 valence electrons. The molecule has 1 aromatic heterocycles. The van der Waals surface area contributed by atoms with Gasteiger partial charge >= 0.3 is 5.97 Å².